The van der Waals surface area contributed by atoms with Crippen molar-refractivity contribution in [3.63, 3.8) is 0 Å². The Morgan fingerprint density at radius 2 is 1.71 bits per heavy atom. The number of benzene rings is 1. The Morgan fingerprint density at radius 1 is 1.00 bits per heavy atom. The van der Waals surface area contributed by atoms with Crippen molar-refractivity contribution < 1.29 is 4.68 Å². The molecule has 21 heavy (non-hydrogen) atoms. The molecular formula is C18H20N3+. The van der Waals surface area contributed by atoms with Crippen molar-refractivity contribution in [2.45, 2.75) is 20.8 Å². The Labute approximate surface area is 125 Å². The highest BCUT2D eigenvalue weighted by molar-refractivity contribution is 5.61. The van der Waals surface area contributed by atoms with Crippen LogP contribution in [0.15, 0.2) is 48.8 Å². The van der Waals surface area contributed by atoms with Gasteiger partial charge < -0.3 is 0 Å². The molecule has 0 N–H and O–H groups in total. The number of aromatic nitrogens is 3. The van der Waals surface area contributed by atoms with E-state index < -0.39 is 0 Å². The van der Waals surface area contributed by atoms with Crippen LogP contribution in [-0.2, 0) is 7.05 Å². The second-order valence-corrected chi connectivity index (χ2v) is 5.51. The van der Waals surface area contributed by atoms with Gasteiger partial charge in [-0.2, -0.15) is 0 Å². The molecule has 2 heterocycles. The van der Waals surface area contributed by atoms with Crippen LogP contribution < -0.4 is 4.68 Å². The van der Waals surface area contributed by atoms with Gasteiger partial charge in [-0.05, 0) is 38.0 Å². The highest BCUT2D eigenvalue weighted by Crippen LogP contribution is 2.22. The van der Waals surface area contributed by atoms with Gasteiger partial charge in [-0.25, -0.2) is 0 Å². The van der Waals surface area contributed by atoms with E-state index in [1.807, 2.05) is 13.0 Å². The molecule has 0 atom stereocenters. The highest BCUT2D eigenvalue weighted by Gasteiger charge is 2.17. The fourth-order valence-electron chi connectivity index (χ4n) is 2.88. The van der Waals surface area contributed by atoms with Gasteiger partial charge in [0.05, 0.1) is 17.5 Å². The number of pyridine rings is 1. The monoisotopic (exact) mass is 278 g/mol. The summed E-state index contributed by atoms with van der Waals surface area (Å²) >= 11 is 0. The van der Waals surface area contributed by atoms with Crippen molar-refractivity contribution in [3.8, 4) is 16.8 Å². The first-order valence-electron chi connectivity index (χ1n) is 7.15. The van der Waals surface area contributed by atoms with E-state index in [0.29, 0.717) is 0 Å². The third kappa shape index (κ3) is 2.47. The molecule has 0 fully saturated rings. The second-order valence-electron chi connectivity index (χ2n) is 5.51. The molecule has 0 radical (unpaired) electrons. The van der Waals surface area contributed by atoms with Crippen LogP contribution in [0.2, 0.25) is 0 Å². The summed E-state index contributed by atoms with van der Waals surface area (Å²) in [6.45, 7) is 6.24. The third-order valence-corrected chi connectivity index (χ3v) is 3.75. The molecule has 0 bridgehead atoms. The third-order valence-electron chi connectivity index (χ3n) is 3.75. The zero-order valence-electron chi connectivity index (χ0n) is 13.0. The number of aryl methyl sites for hydroxylation is 4. The molecule has 0 aliphatic heterocycles. The maximum Gasteiger partial charge on any atom is 0.203 e. The van der Waals surface area contributed by atoms with E-state index in [9.17, 15) is 0 Å². The van der Waals surface area contributed by atoms with Gasteiger partial charge in [-0.1, -0.05) is 30.3 Å². The van der Waals surface area contributed by atoms with E-state index >= 15 is 0 Å². The molecule has 0 unspecified atom stereocenters. The molecule has 3 rings (SSSR count). The Kier molecular flexibility index (Phi) is 3.34. The van der Waals surface area contributed by atoms with E-state index in [0.717, 1.165) is 17.1 Å². The van der Waals surface area contributed by atoms with Crippen molar-refractivity contribution in [2.75, 3.05) is 0 Å². The fourth-order valence-corrected chi connectivity index (χ4v) is 2.88. The summed E-state index contributed by atoms with van der Waals surface area (Å²) in [5.74, 6) is 0. The van der Waals surface area contributed by atoms with Gasteiger partial charge in [0.1, 0.15) is 5.69 Å². The van der Waals surface area contributed by atoms with Crippen molar-refractivity contribution in [3.05, 3.63) is 65.7 Å². The molecule has 2 aromatic heterocycles. The molecule has 0 saturated carbocycles. The summed E-state index contributed by atoms with van der Waals surface area (Å²) in [6.07, 6.45) is 4.32. The average Bonchev–Trinajstić information content (AvgIpc) is 2.81. The van der Waals surface area contributed by atoms with Crippen LogP contribution in [0.1, 0.15) is 17.0 Å². The maximum atomic E-state index is 4.60. The Bertz CT molecular complexity index is 762. The minimum atomic E-state index is 1.05. The average molecular weight is 278 g/mol. The summed E-state index contributed by atoms with van der Waals surface area (Å²) in [4.78, 5) is 4.60. The number of hydrogen-bond donors (Lipinski definition) is 0. The standard InChI is InChI=1S/C18H20N3/c1-13-10-14(2)19-15(3)18(13)21-12-17(11-20(21)4)16-8-6-5-7-9-16/h5-12H,1-4H3/q+1. The second kappa shape index (κ2) is 5.17. The van der Waals surface area contributed by atoms with Gasteiger partial charge in [0.15, 0.2) is 7.05 Å². The van der Waals surface area contributed by atoms with Gasteiger partial charge in [-0.15, -0.1) is 9.36 Å². The van der Waals surface area contributed by atoms with E-state index in [2.05, 4.69) is 78.0 Å². The highest BCUT2D eigenvalue weighted by atomic mass is 15.4. The molecule has 106 valence electrons. The predicted octanol–water partition coefficient (Wildman–Crippen LogP) is 3.29. The van der Waals surface area contributed by atoms with Crippen LogP contribution in [0.5, 0.6) is 0 Å². The van der Waals surface area contributed by atoms with Crippen LogP contribution in [0, 0.1) is 20.8 Å². The number of nitrogens with zero attached hydrogens (tertiary/aromatic N) is 3. The lowest BCUT2D eigenvalue weighted by Gasteiger charge is -2.08. The van der Waals surface area contributed by atoms with Crippen LogP contribution in [0.3, 0.4) is 0 Å². The first-order valence-corrected chi connectivity index (χ1v) is 7.15. The smallest absolute Gasteiger partial charge is 0.203 e. The molecule has 0 amide bonds. The molecule has 0 aliphatic rings. The van der Waals surface area contributed by atoms with E-state index in [1.165, 1.54) is 16.7 Å². The van der Waals surface area contributed by atoms with Crippen molar-refractivity contribution >= 4 is 0 Å². The van der Waals surface area contributed by atoms with Crippen LogP contribution >= 0.6 is 0 Å². The summed E-state index contributed by atoms with van der Waals surface area (Å²) in [7, 11) is 2.06. The van der Waals surface area contributed by atoms with Crippen molar-refractivity contribution in [1.29, 1.82) is 0 Å². The largest absolute Gasteiger partial charge is 0.256 e. The molecule has 1 aromatic carbocycles. The van der Waals surface area contributed by atoms with Gasteiger partial charge in [0.2, 0.25) is 6.20 Å². The minimum absolute atomic E-state index is 1.05. The normalized spacial score (nSPS) is 10.9. The van der Waals surface area contributed by atoms with Gasteiger partial charge in [0.25, 0.3) is 0 Å². The molecule has 3 aromatic rings. The number of hydrogen-bond acceptors (Lipinski definition) is 1. The van der Waals surface area contributed by atoms with E-state index in [-0.39, 0.29) is 0 Å². The first kappa shape index (κ1) is 13.6. The molecule has 3 heteroatoms. The van der Waals surface area contributed by atoms with E-state index in [1.54, 1.807) is 0 Å². The van der Waals surface area contributed by atoms with Gasteiger partial charge >= 0.3 is 0 Å². The van der Waals surface area contributed by atoms with Crippen molar-refractivity contribution in [1.82, 2.24) is 9.67 Å². The Balaban J connectivity index is 2.15. The fraction of sp³-hybridized carbons (Fsp3) is 0.222. The quantitative estimate of drug-likeness (QED) is 0.659. The lowest BCUT2D eigenvalue weighted by atomic mass is 10.1. The minimum Gasteiger partial charge on any atom is -0.256 e. The maximum absolute atomic E-state index is 4.60. The molecule has 0 saturated heterocycles. The van der Waals surface area contributed by atoms with Crippen LogP contribution in [0.4, 0.5) is 0 Å². The predicted molar refractivity (Wildman–Crippen MR) is 84.4 cm³/mol. The van der Waals surface area contributed by atoms with Crippen LogP contribution in [-0.4, -0.2) is 9.67 Å². The van der Waals surface area contributed by atoms with Crippen LogP contribution in [0.25, 0.3) is 16.8 Å². The summed E-state index contributed by atoms with van der Waals surface area (Å²) < 4.78 is 4.27. The Morgan fingerprint density at radius 3 is 2.38 bits per heavy atom. The lowest BCUT2D eigenvalue weighted by Crippen LogP contribution is -2.37. The number of rotatable bonds is 2. The van der Waals surface area contributed by atoms with Gasteiger partial charge in [0, 0.05) is 5.69 Å². The molecule has 0 spiro atoms. The SMILES string of the molecule is Cc1cc(C)c(-n2cc(-c3ccccc3)c[n+]2C)c(C)n1. The molecule has 3 nitrogen and oxygen atoms in total. The first-order chi connectivity index (χ1) is 10.1. The van der Waals surface area contributed by atoms with Gasteiger partial charge in [-0.3, -0.25) is 4.98 Å². The zero-order valence-corrected chi connectivity index (χ0v) is 13.0. The van der Waals surface area contributed by atoms with E-state index in [4.69, 9.17) is 0 Å². The zero-order chi connectivity index (χ0) is 15.0. The molecular weight excluding hydrogens is 258 g/mol. The molecule has 0 aliphatic carbocycles. The Hall–Kier alpha value is -2.42. The summed E-state index contributed by atoms with van der Waals surface area (Å²) in [5.41, 5.74) is 6.95. The summed E-state index contributed by atoms with van der Waals surface area (Å²) in [6, 6.07) is 12.6. The van der Waals surface area contributed by atoms with Crippen molar-refractivity contribution in [2.24, 2.45) is 7.05 Å². The lowest BCUT2D eigenvalue weighted by molar-refractivity contribution is -0.744. The summed E-state index contributed by atoms with van der Waals surface area (Å²) in [5, 5.41) is 0. The topological polar surface area (TPSA) is 21.7 Å².